The molecular formula is C12H15BN2O2. The molecule has 0 bridgehead atoms. The zero-order valence-corrected chi connectivity index (χ0v) is 10.1. The number of rotatable bonds is 5. The molecule has 0 saturated heterocycles. The van der Waals surface area contributed by atoms with Crippen LogP contribution < -0.4 is 5.46 Å². The van der Waals surface area contributed by atoms with E-state index in [4.69, 9.17) is 4.74 Å². The quantitative estimate of drug-likeness (QED) is 0.417. The molecule has 0 fully saturated rings. The normalized spacial score (nSPS) is 10.9. The van der Waals surface area contributed by atoms with Crippen molar-refractivity contribution in [1.82, 2.24) is 9.55 Å². The number of fused-ring (bicyclic) bond motifs is 1. The summed E-state index contributed by atoms with van der Waals surface area (Å²) < 4.78 is 7.23. The molecule has 0 N–H and O–H groups in total. The highest BCUT2D eigenvalue weighted by molar-refractivity contribution is 6.33. The van der Waals surface area contributed by atoms with Gasteiger partial charge in [-0.25, -0.2) is 4.98 Å². The van der Waals surface area contributed by atoms with Gasteiger partial charge in [0.25, 0.3) is 0 Å². The fourth-order valence-corrected chi connectivity index (χ4v) is 1.88. The SMILES string of the molecule is Bc1ccc2nc(C=O)n(CCOCC)c2c1. The zero-order chi connectivity index (χ0) is 12.3. The molecule has 5 heteroatoms. The van der Waals surface area contributed by atoms with Crippen LogP contribution in [0.3, 0.4) is 0 Å². The lowest BCUT2D eigenvalue weighted by Crippen LogP contribution is -2.10. The van der Waals surface area contributed by atoms with Crippen molar-refractivity contribution in [2.75, 3.05) is 13.2 Å². The van der Waals surface area contributed by atoms with Gasteiger partial charge in [0.05, 0.1) is 17.6 Å². The summed E-state index contributed by atoms with van der Waals surface area (Å²) in [6, 6.07) is 5.98. The molecule has 4 nitrogen and oxygen atoms in total. The van der Waals surface area contributed by atoms with E-state index in [0.29, 0.717) is 25.6 Å². The second kappa shape index (κ2) is 5.14. The molecular weight excluding hydrogens is 215 g/mol. The Morgan fingerprint density at radius 3 is 3.06 bits per heavy atom. The van der Waals surface area contributed by atoms with Crippen LogP contribution in [0.25, 0.3) is 11.0 Å². The number of carbonyl (C=O) groups excluding carboxylic acids is 1. The molecule has 0 aliphatic carbocycles. The summed E-state index contributed by atoms with van der Waals surface area (Å²) in [7, 11) is 2.03. The maximum Gasteiger partial charge on any atom is 0.185 e. The summed E-state index contributed by atoms with van der Waals surface area (Å²) in [4.78, 5) is 15.3. The molecule has 88 valence electrons. The minimum absolute atomic E-state index is 0.463. The molecule has 0 spiro atoms. The molecule has 0 aliphatic rings. The highest BCUT2D eigenvalue weighted by Gasteiger charge is 2.09. The van der Waals surface area contributed by atoms with Crippen LogP contribution in [0.15, 0.2) is 18.2 Å². The number of aromatic nitrogens is 2. The maximum absolute atomic E-state index is 11.0. The lowest BCUT2D eigenvalue weighted by atomic mass is 9.96. The monoisotopic (exact) mass is 230 g/mol. The van der Waals surface area contributed by atoms with Crippen LogP contribution in [-0.2, 0) is 11.3 Å². The summed E-state index contributed by atoms with van der Waals surface area (Å²) in [5.74, 6) is 0.463. The number of hydrogen-bond donors (Lipinski definition) is 0. The van der Waals surface area contributed by atoms with Crippen molar-refractivity contribution in [3.63, 3.8) is 0 Å². The van der Waals surface area contributed by atoms with Crippen molar-refractivity contribution in [2.45, 2.75) is 13.5 Å². The van der Waals surface area contributed by atoms with Crippen LogP contribution in [0, 0.1) is 0 Å². The number of benzene rings is 1. The van der Waals surface area contributed by atoms with Gasteiger partial charge in [-0.3, -0.25) is 4.79 Å². The first kappa shape index (κ1) is 11.9. The Morgan fingerprint density at radius 2 is 2.35 bits per heavy atom. The van der Waals surface area contributed by atoms with E-state index in [1.165, 1.54) is 0 Å². The Hall–Kier alpha value is -1.62. The number of ether oxygens (including phenoxy) is 1. The van der Waals surface area contributed by atoms with E-state index in [9.17, 15) is 4.79 Å². The maximum atomic E-state index is 11.0. The predicted octanol–water partition coefficient (Wildman–Crippen LogP) is 0.144. The van der Waals surface area contributed by atoms with E-state index >= 15 is 0 Å². The molecule has 0 saturated carbocycles. The smallest absolute Gasteiger partial charge is 0.185 e. The Balaban J connectivity index is 2.41. The second-order valence-electron chi connectivity index (χ2n) is 3.93. The second-order valence-corrected chi connectivity index (χ2v) is 3.93. The summed E-state index contributed by atoms with van der Waals surface area (Å²) in [5.41, 5.74) is 3.01. The van der Waals surface area contributed by atoms with Crippen LogP contribution in [0.2, 0.25) is 0 Å². The van der Waals surface area contributed by atoms with Crippen molar-refractivity contribution in [3.05, 3.63) is 24.0 Å². The minimum Gasteiger partial charge on any atom is -0.380 e. The van der Waals surface area contributed by atoms with Gasteiger partial charge in [-0.05, 0) is 19.1 Å². The van der Waals surface area contributed by atoms with E-state index < -0.39 is 0 Å². The van der Waals surface area contributed by atoms with E-state index in [2.05, 4.69) is 4.98 Å². The van der Waals surface area contributed by atoms with Gasteiger partial charge in [-0.1, -0.05) is 11.5 Å². The molecule has 0 radical (unpaired) electrons. The van der Waals surface area contributed by atoms with Crippen LogP contribution >= 0.6 is 0 Å². The average molecular weight is 230 g/mol. The first-order valence-electron chi connectivity index (χ1n) is 5.76. The van der Waals surface area contributed by atoms with Crippen molar-refractivity contribution >= 4 is 30.6 Å². The summed E-state index contributed by atoms with van der Waals surface area (Å²) in [6.07, 6.45) is 0.793. The van der Waals surface area contributed by atoms with Crippen LogP contribution in [-0.4, -0.2) is 36.9 Å². The summed E-state index contributed by atoms with van der Waals surface area (Å²) in [6.45, 7) is 3.89. The van der Waals surface area contributed by atoms with Crippen molar-refractivity contribution in [3.8, 4) is 0 Å². The zero-order valence-electron chi connectivity index (χ0n) is 10.1. The van der Waals surface area contributed by atoms with Crippen molar-refractivity contribution in [2.24, 2.45) is 0 Å². The van der Waals surface area contributed by atoms with Gasteiger partial charge in [-0.2, -0.15) is 0 Å². The third-order valence-corrected chi connectivity index (χ3v) is 2.70. The highest BCUT2D eigenvalue weighted by Crippen LogP contribution is 2.13. The third kappa shape index (κ3) is 2.39. The van der Waals surface area contributed by atoms with Gasteiger partial charge in [0.2, 0.25) is 0 Å². The number of aldehydes is 1. The van der Waals surface area contributed by atoms with E-state index in [1.807, 2.05) is 37.5 Å². The number of nitrogens with zero attached hydrogens (tertiary/aromatic N) is 2. The Morgan fingerprint density at radius 1 is 1.53 bits per heavy atom. The van der Waals surface area contributed by atoms with Crippen molar-refractivity contribution < 1.29 is 9.53 Å². The highest BCUT2D eigenvalue weighted by atomic mass is 16.5. The fraction of sp³-hybridized carbons (Fsp3) is 0.333. The van der Waals surface area contributed by atoms with Crippen molar-refractivity contribution in [1.29, 1.82) is 0 Å². The predicted molar refractivity (Wildman–Crippen MR) is 69.8 cm³/mol. The van der Waals surface area contributed by atoms with E-state index in [-0.39, 0.29) is 0 Å². The molecule has 2 rings (SSSR count). The molecule has 0 unspecified atom stereocenters. The van der Waals surface area contributed by atoms with Crippen LogP contribution in [0.5, 0.6) is 0 Å². The molecule has 1 heterocycles. The van der Waals surface area contributed by atoms with Gasteiger partial charge in [0.1, 0.15) is 7.85 Å². The Bertz CT molecular complexity index is 537. The first-order valence-corrected chi connectivity index (χ1v) is 5.76. The molecule has 1 aromatic heterocycles. The largest absolute Gasteiger partial charge is 0.380 e. The molecule has 1 aromatic carbocycles. The lowest BCUT2D eigenvalue weighted by Gasteiger charge is -2.06. The van der Waals surface area contributed by atoms with E-state index in [1.54, 1.807) is 0 Å². The summed E-state index contributed by atoms with van der Waals surface area (Å²) in [5, 5.41) is 0. The van der Waals surface area contributed by atoms with Gasteiger partial charge < -0.3 is 9.30 Å². The van der Waals surface area contributed by atoms with E-state index in [0.717, 1.165) is 22.8 Å². The molecule has 0 aliphatic heterocycles. The lowest BCUT2D eigenvalue weighted by molar-refractivity contribution is 0.110. The fourth-order valence-electron chi connectivity index (χ4n) is 1.88. The van der Waals surface area contributed by atoms with Gasteiger partial charge in [0.15, 0.2) is 12.1 Å². The van der Waals surface area contributed by atoms with Crippen LogP contribution in [0.1, 0.15) is 17.5 Å². The summed E-state index contributed by atoms with van der Waals surface area (Å²) >= 11 is 0. The standard InChI is InChI=1S/C12H15BN2O2/c1-2-17-6-5-15-11-7-9(13)3-4-10(11)14-12(15)8-16/h3-4,7-8H,2,5-6,13H2,1H3. The Kier molecular flexibility index (Phi) is 3.59. The molecule has 2 aromatic rings. The number of carbonyl (C=O) groups is 1. The third-order valence-electron chi connectivity index (χ3n) is 2.70. The van der Waals surface area contributed by atoms with Gasteiger partial charge in [0, 0.05) is 13.2 Å². The topological polar surface area (TPSA) is 44.1 Å². The first-order chi connectivity index (χ1) is 8.26. The molecule has 0 atom stereocenters. The molecule has 0 amide bonds. The number of imidazole rings is 1. The van der Waals surface area contributed by atoms with Crippen LogP contribution in [0.4, 0.5) is 0 Å². The minimum atomic E-state index is 0.463. The number of hydrogen-bond acceptors (Lipinski definition) is 3. The molecule has 17 heavy (non-hydrogen) atoms. The Labute approximate surface area is 101 Å². The average Bonchev–Trinajstić information content (AvgIpc) is 2.67. The van der Waals surface area contributed by atoms with Gasteiger partial charge >= 0.3 is 0 Å². The van der Waals surface area contributed by atoms with Gasteiger partial charge in [-0.15, -0.1) is 0 Å².